The number of fused-ring (bicyclic) bond motifs is 1. The van der Waals surface area contributed by atoms with Gasteiger partial charge in [0.05, 0.1) is 17.6 Å². The molecule has 1 aromatic heterocycles. The van der Waals surface area contributed by atoms with Crippen LogP contribution < -0.4 is 10.1 Å². The fraction of sp³-hybridized carbons (Fsp3) is 0.444. The smallest absolute Gasteiger partial charge is 0.194 e. The summed E-state index contributed by atoms with van der Waals surface area (Å²) < 4.78 is 60.7. The number of pyridine rings is 1. The average molecular weight is 540 g/mol. The number of rotatable bonds is 10. The fourth-order valence-corrected chi connectivity index (χ4v) is 5.21. The van der Waals surface area contributed by atoms with Gasteiger partial charge in [0.2, 0.25) is 0 Å². The average Bonchev–Trinajstić information content (AvgIpc) is 2.90. The number of aliphatic hydroxyl groups excluding tert-OH is 1. The van der Waals surface area contributed by atoms with E-state index in [4.69, 9.17) is 16.3 Å². The lowest BCUT2D eigenvalue weighted by atomic mass is 9.74. The van der Waals surface area contributed by atoms with Crippen LogP contribution in [0.3, 0.4) is 0 Å². The lowest BCUT2D eigenvalue weighted by molar-refractivity contribution is 0.0315. The van der Waals surface area contributed by atoms with E-state index in [1.165, 1.54) is 6.20 Å². The molecule has 0 spiro atoms. The minimum Gasteiger partial charge on any atom is -0.497 e. The van der Waals surface area contributed by atoms with Gasteiger partial charge in [0.15, 0.2) is 17.5 Å². The second-order valence-electron chi connectivity index (χ2n) is 9.59. The molecule has 10 heteroatoms. The van der Waals surface area contributed by atoms with E-state index in [1.54, 1.807) is 25.3 Å². The summed E-state index contributed by atoms with van der Waals surface area (Å²) >= 11 is 6.36. The molecule has 0 saturated carbocycles. The molecule has 2 N–H and O–H groups in total. The summed E-state index contributed by atoms with van der Waals surface area (Å²) in [5.41, 5.74) is 0.792. The Labute approximate surface area is 218 Å². The molecule has 1 fully saturated rings. The van der Waals surface area contributed by atoms with Crippen molar-refractivity contribution >= 4 is 28.2 Å². The van der Waals surface area contributed by atoms with Crippen molar-refractivity contribution in [3.63, 3.8) is 0 Å². The Morgan fingerprint density at radius 1 is 1.16 bits per heavy atom. The Morgan fingerprint density at radius 3 is 2.51 bits per heavy atom. The molecule has 4 rings (SSSR count). The largest absolute Gasteiger partial charge is 0.497 e. The van der Waals surface area contributed by atoms with Crippen LogP contribution in [0.25, 0.3) is 10.9 Å². The van der Waals surface area contributed by atoms with Crippen molar-refractivity contribution in [2.45, 2.75) is 31.9 Å². The van der Waals surface area contributed by atoms with Crippen molar-refractivity contribution in [1.29, 1.82) is 0 Å². The molecule has 1 atom stereocenters. The zero-order valence-electron chi connectivity index (χ0n) is 20.5. The lowest BCUT2D eigenvalue weighted by Crippen LogP contribution is -2.43. The van der Waals surface area contributed by atoms with Gasteiger partial charge in [0.1, 0.15) is 11.9 Å². The van der Waals surface area contributed by atoms with Gasteiger partial charge in [-0.2, -0.15) is 0 Å². The Hall–Kier alpha value is -2.62. The second kappa shape index (κ2) is 11.8. The molecule has 0 aliphatic carbocycles. The number of alkyl halides is 1. The number of aliphatic hydroxyl groups is 1. The molecule has 1 saturated heterocycles. The van der Waals surface area contributed by atoms with Gasteiger partial charge < -0.3 is 20.1 Å². The van der Waals surface area contributed by atoms with Gasteiger partial charge in [-0.3, -0.25) is 4.98 Å². The second-order valence-corrected chi connectivity index (χ2v) is 10.00. The monoisotopic (exact) mass is 539 g/mol. The number of nitrogens with zero attached hydrogens (tertiary/aromatic N) is 2. The van der Waals surface area contributed by atoms with Crippen molar-refractivity contribution in [2.75, 3.05) is 45.2 Å². The summed E-state index contributed by atoms with van der Waals surface area (Å²) in [6, 6.07) is 7.11. The quantitative estimate of drug-likeness (QED) is 0.234. The number of anilines is 1. The van der Waals surface area contributed by atoms with Gasteiger partial charge in [-0.1, -0.05) is 11.6 Å². The SMILES string of the molecule is COc1ccc2ncc(Cl)c(C(F)CCC3(CO)CCN(CCNc4cc(F)c(F)c(F)c4)CC3)c2c1. The van der Waals surface area contributed by atoms with E-state index in [0.717, 1.165) is 12.1 Å². The maximum Gasteiger partial charge on any atom is 0.194 e. The van der Waals surface area contributed by atoms with Gasteiger partial charge in [-0.05, 0) is 62.4 Å². The van der Waals surface area contributed by atoms with Gasteiger partial charge in [-0.25, -0.2) is 17.6 Å². The number of piperidine rings is 1. The van der Waals surface area contributed by atoms with E-state index in [1.807, 2.05) is 0 Å². The number of methoxy groups -OCH3 is 1. The van der Waals surface area contributed by atoms with Crippen LogP contribution in [0.1, 0.15) is 37.4 Å². The summed E-state index contributed by atoms with van der Waals surface area (Å²) in [6.45, 7) is 2.37. The minimum atomic E-state index is -1.49. The molecule has 3 aromatic rings. The third kappa shape index (κ3) is 6.27. The Balaban J connectivity index is 1.32. The number of hydrogen-bond donors (Lipinski definition) is 2. The van der Waals surface area contributed by atoms with Crippen molar-refractivity contribution in [3.05, 3.63) is 64.6 Å². The third-order valence-electron chi connectivity index (χ3n) is 7.30. The van der Waals surface area contributed by atoms with E-state index in [9.17, 15) is 18.3 Å². The highest BCUT2D eigenvalue weighted by Crippen LogP contribution is 2.41. The first-order chi connectivity index (χ1) is 17.7. The molecule has 1 aliphatic heterocycles. The molecule has 0 radical (unpaired) electrons. The number of nitrogens with one attached hydrogen (secondary N) is 1. The first-order valence-electron chi connectivity index (χ1n) is 12.2. The number of likely N-dealkylation sites (tertiary alicyclic amines) is 1. The van der Waals surface area contributed by atoms with Crippen LogP contribution in [0.4, 0.5) is 23.2 Å². The van der Waals surface area contributed by atoms with Crippen LogP contribution in [0.2, 0.25) is 5.02 Å². The first-order valence-corrected chi connectivity index (χ1v) is 12.6. The summed E-state index contributed by atoms with van der Waals surface area (Å²) in [4.78, 5) is 6.46. The standard InChI is InChI=1S/C27H30ClF4N3O2/c1-37-18-2-3-24-19(14-18)25(20(28)15-34-24)21(29)4-5-27(16-36)6-9-35(10-7-27)11-8-33-17-12-22(30)26(32)23(31)13-17/h2-3,12-15,21,33,36H,4-11,16H2,1H3. The molecule has 1 unspecified atom stereocenters. The Morgan fingerprint density at radius 2 is 1.86 bits per heavy atom. The molecule has 2 aromatic carbocycles. The number of hydrogen-bond acceptors (Lipinski definition) is 5. The van der Waals surface area contributed by atoms with Crippen LogP contribution in [-0.4, -0.2) is 54.9 Å². The summed E-state index contributed by atoms with van der Waals surface area (Å²) in [6.07, 6.45) is 2.21. The van der Waals surface area contributed by atoms with Gasteiger partial charge in [0, 0.05) is 54.7 Å². The normalized spacial score (nSPS) is 16.6. The zero-order valence-corrected chi connectivity index (χ0v) is 21.3. The van der Waals surface area contributed by atoms with E-state index in [-0.39, 0.29) is 23.7 Å². The van der Waals surface area contributed by atoms with Gasteiger partial charge in [0.25, 0.3) is 0 Å². The topological polar surface area (TPSA) is 57.6 Å². The number of ether oxygens (including phenoxy) is 1. The van der Waals surface area contributed by atoms with E-state index >= 15 is 4.39 Å². The zero-order chi connectivity index (χ0) is 26.6. The fourth-order valence-electron chi connectivity index (χ4n) is 4.94. The van der Waals surface area contributed by atoms with Crippen molar-refractivity contribution in [3.8, 4) is 5.75 Å². The van der Waals surface area contributed by atoms with Crippen LogP contribution in [0.5, 0.6) is 5.75 Å². The van der Waals surface area contributed by atoms with E-state index in [0.29, 0.717) is 67.7 Å². The molecule has 0 amide bonds. The summed E-state index contributed by atoms with van der Waals surface area (Å²) in [7, 11) is 1.54. The number of halogens is 5. The molecule has 1 aliphatic rings. The Kier molecular flexibility index (Phi) is 8.77. The maximum atomic E-state index is 15.6. The molecule has 200 valence electrons. The van der Waals surface area contributed by atoms with Crippen LogP contribution in [0, 0.1) is 22.9 Å². The summed E-state index contributed by atoms with van der Waals surface area (Å²) in [5, 5.41) is 14.0. The first kappa shape index (κ1) is 27.4. The molecular weight excluding hydrogens is 510 g/mol. The molecule has 0 bridgehead atoms. The predicted octanol–water partition coefficient (Wildman–Crippen LogP) is 6.29. The highest BCUT2D eigenvalue weighted by Gasteiger charge is 2.35. The van der Waals surface area contributed by atoms with Gasteiger partial charge in [-0.15, -0.1) is 0 Å². The molecule has 37 heavy (non-hydrogen) atoms. The summed E-state index contributed by atoms with van der Waals surface area (Å²) in [5.74, 6) is -3.37. The molecule has 2 heterocycles. The van der Waals surface area contributed by atoms with Crippen molar-refractivity contribution in [2.24, 2.45) is 5.41 Å². The van der Waals surface area contributed by atoms with E-state index < -0.39 is 29.0 Å². The van der Waals surface area contributed by atoms with Gasteiger partial charge >= 0.3 is 0 Å². The third-order valence-corrected chi connectivity index (χ3v) is 7.60. The van der Waals surface area contributed by atoms with E-state index in [2.05, 4.69) is 15.2 Å². The molecular formula is C27H30ClF4N3O2. The van der Waals surface area contributed by atoms with Crippen LogP contribution in [0.15, 0.2) is 36.5 Å². The highest BCUT2D eigenvalue weighted by atomic mass is 35.5. The van der Waals surface area contributed by atoms with Crippen LogP contribution >= 0.6 is 11.6 Å². The highest BCUT2D eigenvalue weighted by molar-refractivity contribution is 6.32. The van der Waals surface area contributed by atoms with Crippen molar-refractivity contribution < 1.29 is 27.4 Å². The lowest BCUT2D eigenvalue weighted by Gasteiger charge is -2.41. The minimum absolute atomic E-state index is 0.0431. The van der Waals surface area contributed by atoms with Crippen molar-refractivity contribution in [1.82, 2.24) is 9.88 Å². The number of benzene rings is 2. The Bertz CT molecular complexity index is 1210. The molecule has 5 nitrogen and oxygen atoms in total. The van der Waals surface area contributed by atoms with Crippen LogP contribution in [-0.2, 0) is 0 Å². The predicted molar refractivity (Wildman–Crippen MR) is 136 cm³/mol. The number of aromatic nitrogens is 1. The maximum absolute atomic E-state index is 15.6.